The van der Waals surface area contributed by atoms with Crippen LogP contribution in [0.2, 0.25) is 5.02 Å². The Labute approximate surface area is 145 Å². The molecule has 0 spiro atoms. The molecule has 0 radical (unpaired) electrons. The predicted molar refractivity (Wildman–Crippen MR) is 93.8 cm³/mol. The fourth-order valence-electron chi connectivity index (χ4n) is 3.54. The largest absolute Gasteiger partial charge is 0.494 e. The highest BCUT2D eigenvalue weighted by atomic mass is 35.5. The van der Waals surface area contributed by atoms with E-state index in [4.69, 9.17) is 11.6 Å². The monoisotopic (exact) mass is 348 g/mol. The molecule has 0 amide bonds. The van der Waals surface area contributed by atoms with Crippen LogP contribution in [0.15, 0.2) is 39.9 Å². The molecule has 1 saturated carbocycles. The quantitative estimate of drug-likeness (QED) is 0.923. The van der Waals surface area contributed by atoms with Crippen LogP contribution >= 0.6 is 11.6 Å². The van der Waals surface area contributed by atoms with Gasteiger partial charge in [0.1, 0.15) is 0 Å². The molecule has 5 nitrogen and oxygen atoms in total. The summed E-state index contributed by atoms with van der Waals surface area (Å²) >= 11 is 5.97. The van der Waals surface area contributed by atoms with E-state index in [0.29, 0.717) is 23.9 Å². The van der Waals surface area contributed by atoms with Gasteiger partial charge in [0.15, 0.2) is 0 Å². The van der Waals surface area contributed by atoms with Crippen LogP contribution in [0.1, 0.15) is 37.8 Å². The smallest absolute Gasteiger partial charge is 0.334 e. The summed E-state index contributed by atoms with van der Waals surface area (Å²) in [6, 6.07) is 8.45. The first kappa shape index (κ1) is 16.8. The Hall–Kier alpha value is -2.01. The van der Waals surface area contributed by atoms with Gasteiger partial charge in [-0.3, -0.25) is 13.9 Å². The third-order valence-electron chi connectivity index (χ3n) is 4.86. The summed E-state index contributed by atoms with van der Waals surface area (Å²) in [4.78, 5) is 25.0. The second-order valence-corrected chi connectivity index (χ2v) is 6.94. The molecular formula is C18H21ClN2O3. The van der Waals surface area contributed by atoms with Gasteiger partial charge in [0.25, 0.3) is 5.56 Å². The fourth-order valence-corrected chi connectivity index (χ4v) is 3.75. The van der Waals surface area contributed by atoms with Crippen LogP contribution in [-0.4, -0.2) is 14.2 Å². The lowest BCUT2D eigenvalue weighted by molar-refractivity contribution is 0.343. The number of aryl methyl sites for hydroxylation is 1. The van der Waals surface area contributed by atoms with Crippen molar-refractivity contribution in [2.24, 2.45) is 5.92 Å². The van der Waals surface area contributed by atoms with E-state index in [1.807, 2.05) is 18.2 Å². The molecular weight excluding hydrogens is 328 g/mol. The van der Waals surface area contributed by atoms with E-state index in [-0.39, 0.29) is 11.9 Å². The maximum absolute atomic E-state index is 12.8. The maximum Gasteiger partial charge on any atom is 0.334 e. The lowest BCUT2D eigenvalue weighted by atomic mass is 10.1. The van der Waals surface area contributed by atoms with Gasteiger partial charge in [-0.2, -0.15) is 0 Å². The van der Waals surface area contributed by atoms with Crippen LogP contribution < -0.4 is 11.2 Å². The second-order valence-electron chi connectivity index (χ2n) is 6.50. The van der Waals surface area contributed by atoms with Crippen molar-refractivity contribution in [1.82, 2.24) is 9.13 Å². The lowest BCUT2D eigenvalue weighted by Crippen LogP contribution is -2.42. The van der Waals surface area contributed by atoms with Crippen LogP contribution in [0, 0.1) is 5.92 Å². The Balaban J connectivity index is 1.93. The minimum absolute atomic E-state index is 0.0805. The van der Waals surface area contributed by atoms with Crippen molar-refractivity contribution >= 4 is 11.6 Å². The van der Waals surface area contributed by atoms with Crippen molar-refractivity contribution in [2.45, 2.75) is 45.2 Å². The molecule has 6 heteroatoms. The highest BCUT2D eigenvalue weighted by Crippen LogP contribution is 2.33. The van der Waals surface area contributed by atoms with Gasteiger partial charge in [-0.05, 0) is 42.9 Å². The van der Waals surface area contributed by atoms with Gasteiger partial charge in [-0.25, -0.2) is 4.79 Å². The van der Waals surface area contributed by atoms with Crippen LogP contribution in [0.4, 0.5) is 0 Å². The zero-order valence-electron chi connectivity index (χ0n) is 13.6. The standard InChI is InChI=1S/C18H21ClN2O3/c1-12-4-2-7-15(12)21-17(23)11-16(22)20(18(21)24)9-8-13-5-3-6-14(19)10-13/h3,5-6,10-12,15,22H,2,4,7-9H2,1H3/t12-,15+/m0/s1. The molecule has 0 bridgehead atoms. The molecule has 2 aromatic rings. The third kappa shape index (κ3) is 3.26. The van der Waals surface area contributed by atoms with Crippen molar-refractivity contribution in [3.8, 4) is 5.88 Å². The highest BCUT2D eigenvalue weighted by molar-refractivity contribution is 6.30. The first-order chi connectivity index (χ1) is 11.5. The van der Waals surface area contributed by atoms with E-state index in [9.17, 15) is 14.7 Å². The molecule has 1 heterocycles. The maximum atomic E-state index is 12.8. The molecule has 1 fully saturated rings. The van der Waals surface area contributed by atoms with E-state index >= 15 is 0 Å². The number of nitrogens with zero attached hydrogens (tertiary/aromatic N) is 2. The first-order valence-corrected chi connectivity index (χ1v) is 8.65. The Bertz CT molecular complexity index is 856. The number of rotatable bonds is 4. The number of halogens is 1. The molecule has 0 aliphatic heterocycles. The summed E-state index contributed by atoms with van der Waals surface area (Å²) in [7, 11) is 0. The van der Waals surface area contributed by atoms with Gasteiger partial charge < -0.3 is 5.11 Å². The zero-order chi connectivity index (χ0) is 17.3. The minimum Gasteiger partial charge on any atom is -0.494 e. The summed E-state index contributed by atoms with van der Waals surface area (Å²) in [5.41, 5.74) is 0.122. The molecule has 24 heavy (non-hydrogen) atoms. The number of aromatic hydroxyl groups is 1. The Kier molecular flexibility index (Phi) is 4.81. The van der Waals surface area contributed by atoms with Crippen LogP contribution in [0.3, 0.4) is 0 Å². The summed E-state index contributed by atoms with van der Waals surface area (Å²) < 4.78 is 2.59. The Morgan fingerprint density at radius 1 is 1.25 bits per heavy atom. The summed E-state index contributed by atoms with van der Waals surface area (Å²) in [6.07, 6.45) is 3.41. The molecule has 3 rings (SSSR count). The molecule has 2 atom stereocenters. The first-order valence-electron chi connectivity index (χ1n) is 8.27. The zero-order valence-corrected chi connectivity index (χ0v) is 14.4. The van der Waals surface area contributed by atoms with Gasteiger partial charge >= 0.3 is 5.69 Å². The Morgan fingerprint density at radius 2 is 2.04 bits per heavy atom. The fraction of sp³-hybridized carbons (Fsp3) is 0.444. The Morgan fingerprint density at radius 3 is 2.71 bits per heavy atom. The van der Waals surface area contributed by atoms with Crippen LogP contribution in [0.5, 0.6) is 5.88 Å². The van der Waals surface area contributed by atoms with Crippen molar-refractivity contribution in [1.29, 1.82) is 0 Å². The van der Waals surface area contributed by atoms with Crippen molar-refractivity contribution in [2.75, 3.05) is 0 Å². The van der Waals surface area contributed by atoms with Gasteiger partial charge in [-0.1, -0.05) is 37.1 Å². The molecule has 1 aromatic heterocycles. The van der Waals surface area contributed by atoms with Gasteiger partial charge in [0.2, 0.25) is 5.88 Å². The lowest BCUT2D eigenvalue weighted by Gasteiger charge is -2.19. The van der Waals surface area contributed by atoms with E-state index in [1.54, 1.807) is 6.07 Å². The number of benzene rings is 1. The van der Waals surface area contributed by atoms with Gasteiger partial charge in [0, 0.05) is 17.6 Å². The average molecular weight is 349 g/mol. The summed E-state index contributed by atoms with van der Waals surface area (Å²) in [5.74, 6) is 0.00949. The molecule has 128 valence electrons. The molecule has 0 saturated heterocycles. The van der Waals surface area contributed by atoms with Crippen molar-refractivity contribution < 1.29 is 5.11 Å². The van der Waals surface area contributed by atoms with Gasteiger partial charge in [-0.15, -0.1) is 0 Å². The molecule has 1 N–H and O–H groups in total. The predicted octanol–water partition coefficient (Wildman–Crippen LogP) is 2.97. The molecule has 1 aliphatic carbocycles. The second kappa shape index (κ2) is 6.85. The minimum atomic E-state index is -0.430. The van der Waals surface area contributed by atoms with E-state index in [0.717, 1.165) is 30.9 Å². The van der Waals surface area contributed by atoms with Crippen molar-refractivity contribution in [3.05, 3.63) is 61.8 Å². The summed E-state index contributed by atoms with van der Waals surface area (Å²) in [5, 5.41) is 10.7. The van der Waals surface area contributed by atoms with Crippen LogP contribution in [-0.2, 0) is 13.0 Å². The van der Waals surface area contributed by atoms with Gasteiger partial charge in [0.05, 0.1) is 6.07 Å². The third-order valence-corrected chi connectivity index (χ3v) is 5.10. The van der Waals surface area contributed by atoms with E-state index in [1.165, 1.54) is 9.13 Å². The molecule has 0 unspecified atom stereocenters. The molecule has 1 aliphatic rings. The van der Waals surface area contributed by atoms with E-state index in [2.05, 4.69) is 6.92 Å². The molecule has 1 aromatic carbocycles. The number of hydrogen-bond donors (Lipinski definition) is 1. The van der Waals surface area contributed by atoms with Crippen LogP contribution in [0.25, 0.3) is 0 Å². The topological polar surface area (TPSA) is 64.2 Å². The average Bonchev–Trinajstić information content (AvgIpc) is 2.93. The highest BCUT2D eigenvalue weighted by Gasteiger charge is 2.28. The van der Waals surface area contributed by atoms with E-state index < -0.39 is 11.2 Å². The number of hydrogen-bond acceptors (Lipinski definition) is 3. The SMILES string of the molecule is C[C@H]1CCC[C@H]1n1c(=O)cc(O)n(CCc2cccc(Cl)c2)c1=O. The normalized spacial score (nSPS) is 20.4. The van der Waals surface area contributed by atoms with Crippen molar-refractivity contribution in [3.63, 3.8) is 0 Å². The summed E-state index contributed by atoms with van der Waals surface area (Å²) in [6.45, 7) is 2.36. The number of aromatic nitrogens is 2.